The van der Waals surface area contributed by atoms with Crippen molar-refractivity contribution in [3.63, 3.8) is 0 Å². The third-order valence-corrected chi connectivity index (χ3v) is 4.21. The summed E-state index contributed by atoms with van der Waals surface area (Å²) in [6.07, 6.45) is 5.61. The summed E-state index contributed by atoms with van der Waals surface area (Å²) >= 11 is 0. The fourth-order valence-corrected chi connectivity index (χ4v) is 3.94. The van der Waals surface area contributed by atoms with Gasteiger partial charge in [0.2, 0.25) is 0 Å². The van der Waals surface area contributed by atoms with Crippen molar-refractivity contribution < 1.29 is 5.21 Å². The van der Waals surface area contributed by atoms with Crippen LogP contribution >= 0.6 is 0 Å². The van der Waals surface area contributed by atoms with Crippen molar-refractivity contribution in [3.05, 3.63) is 0 Å². The Bertz CT molecular complexity index is 178. The van der Waals surface area contributed by atoms with Crippen molar-refractivity contribution >= 4 is 0 Å². The fraction of sp³-hybridized carbons (Fsp3) is 1.00. The van der Waals surface area contributed by atoms with E-state index in [2.05, 4.69) is 5.48 Å². The van der Waals surface area contributed by atoms with Crippen LogP contribution in [0.1, 0.15) is 25.7 Å². The van der Waals surface area contributed by atoms with Crippen LogP contribution in [-0.4, -0.2) is 11.2 Å². The van der Waals surface area contributed by atoms with Gasteiger partial charge in [0.25, 0.3) is 0 Å². The molecule has 0 spiro atoms. The average molecular weight is 153 g/mol. The molecule has 0 aromatic rings. The van der Waals surface area contributed by atoms with Crippen molar-refractivity contribution in [2.24, 2.45) is 23.7 Å². The maximum Gasteiger partial charge on any atom is 0.0379 e. The maximum atomic E-state index is 8.96. The van der Waals surface area contributed by atoms with Crippen molar-refractivity contribution in [3.8, 4) is 0 Å². The Balaban J connectivity index is 1.91. The minimum Gasteiger partial charge on any atom is -0.317 e. The second kappa shape index (κ2) is 1.99. The molecule has 2 N–H and O–H groups in total. The van der Waals surface area contributed by atoms with E-state index in [4.69, 9.17) is 5.21 Å². The quantitative estimate of drug-likeness (QED) is 0.558. The van der Waals surface area contributed by atoms with E-state index < -0.39 is 0 Å². The van der Waals surface area contributed by atoms with Gasteiger partial charge < -0.3 is 5.21 Å². The lowest BCUT2D eigenvalue weighted by molar-refractivity contribution is 0.0652. The first-order chi connectivity index (χ1) is 5.38. The minimum absolute atomic E-state index is 0.457. The molecule has 5 unspecified atom stereocenters. The van der Waals surface area contributed by atoms with Crippen LogP contribution in [0.15, 0.2) is 0 Å². The molecule has 5 atom stereocenters. The summed E-state index contributed by atoms with van der Waals surface area (Å²) < 4.78 is 0. The molecule has 4 bridgehead atoms. The Morgan fingerprint density at radius 2 is 1.82 bits per heavy atom. The summed E-state index contributed by atoms with van der Waals surface area (Å²) in [7, 11) is 0. The summed E-state index contributed by atoms with van der Waals surface area (Å²) in [4.78, 5) is 0. The number of nitrogens with one attached hydrogen (secondary N) is 1. The third kappa shape index (κ3) is 0.695. The summed E-state index contributed by atoms with van der Waals surface area (Å²) in [5.41, 5.74) is 2.52. The molecular weight excluding hydrogens is 138 g/mol. The van der Waals surface area contributed by atoms with E-state index in [0.29, 0.717) is 6.04 Å². The first kappa shape index (κ1) is 6.44. The Hall–Kier alpha value is -0.0800. The molecule has 0 aromatic heterocycles. The Morgan fingerprint density at radius 1 is 1.00 bits per heavy atom. The zero-order valence-electron chi connectivity index (χ0n) is 6.66. The van der Waals surface area contributed by atoms with Crippen molar-refractivity contribution in [2.45, 2.75) is 31.7 Å². The van der Waals surface area contributed by atoms with Crippen molar-refractivity contribution in [1.82, 2.24) is 5.48 Å². The summed E-state index contributed by atoms with van der Waals surface area (Å²) in [5, 5.41) is 8.96. The molecule has 11 heavy (non-hydrogen) atoms. The largest absolute Gasteiger partial charge is 0.317 e. The van der Waals surface area contributed by atoms with Gasteiger partial charge in [-0.05, 0) is 49.4 Å². The molecule has 2 heteroatoms. The maximum absolute atomic E-state index is 8.96. The van der Waals surface area contributed by atoms with E-state index in [0.717, 1.165) is 23.7 Å². The molecule has 4 aliphatic carbocycles. The summed E-state index contributed by atoms with van der Waals surface area (Å²) in [5.74, 6) is 3.61. The van der Waals surface area contributed by atoms with Crippen LogP contribution in [0.4, 0.5) is 0 Å². The second-order valence-corrected chi connectivity index (χ2v) is 4.65. The molecule has 0 amide bonds. The fourth-order valence-electron chi connectivity index (χ4n) is 3.94. The van der Waals surface area contributed by atoms with Crippen LogP contribution in [0.3, 0.4) is 0 Å². The highest BCUT2D eigenvalue weighted by Crippen LogP contribution is 2.57. The highest BCUT2D eigenvalue weighted by Gasteiger charge is 2.53. The highest BCUT2D eigenvalue weighted by atomic mass is 16.5. The van der Waals surface area contributed by atoms with Crippen LogP contribution in [0.5, 0.6) is 0 Å². The third-order valence-electron chi connectivity index (χ3n) is 4.21. The zero-order valence-corrected chi connectivity index (χ0v) is 6.66. The van der Waals surface area contributed by atoms with Gasteiger partial charge in [0.15, 0.2) is 0 Å². The standard InChI is InChI=1S/C9H15NO/c11-10-9-7-2-5-1-6(4-7)8(9)3-5/h5-11H,1-4H2. The van der Waals surface area contributed by atoms with E-state index in [9.17, 15) is 0 Å². The van der Waals surface area contributed by atoms with Gasteiger partial charge in [-0.2, -0.15) is 0 Å². The smallest absolute Gasteiger partial charge is 0.0379 e. The second-order valence-electron chi connectivity index (χ2n) is 4.65. The Morgan fingerprint density at radius 3 is 2.55 bits per heavy atom. The number of hydroxylamine groups is 1. The SMILES string of the molecule is ONC1C2CC3CC(C2)C1C3. The van der Waals surface area contributed by atoms with E-state index in [1.54, 1.807) is 0 Å². The first-order valence-electron chi connectivity index (χ1n) is 4.78. The Labute approximate surface area is 66.9 Å². The predicted molar refractivity (Wildman–Crippen MR) is 41.1 cm³/mol. The number of hydrogen-bond acceptors (Lipinski definition) is 2. The van der Waals surface area contributed by atoms with Gasteiger partial charge in [0.1, 0.15) is 0 Å². The number of hydrogen-bond donors (Lipinski definition) is 2. The predicted octanol–water partition coefficient (Wildman–Crippen LogP) is 1.40. The van der Waals surface area contributed by atoms with Gasteiger partial charge in [0, 0.05) is 6.04 Å². The highest BCUT2D eigenvalue weighted by molar-refractivity contribution is 5.05. The van der Waals surface area contributed by atoms with Crippen LogP contribution in [-0.2, 0) is 0 Å². The topological polar surface area (TPSA) is 32.3 Å². The van der Waals surface area contributed by atoms with E-state index in [1.165, 1.54) is 25.7 Å². The summed E-state index contributed by atoms with van der Waals surface area (Å²) in [6.45, 7) is 0. The molecule has 0 heterocycles. The molecule has 2 nitrogen and oxygen atoms in total. The van der Waals surface area contributed by atoms with Gasteiger partial charge in [-0.25, -0.2) is 5.48 Å². The molecular formula is C9H15NO. The van der Waals surface area contributed by atoms with Crippen molar-refractivity contribution in [1.29, 1.82) is 0 Å². The lowest BCUT2D eigenvalue weighted by Crippen LogP contribution is -2.38. The van der Waals surface area contributed by atoms with Gasteiger partial charge in [-0.3, -0.25) is 0 Å². The van der Waals surface area contributed by atoms with Gasteiger partial charge in [-0.1, -0.05) is 0 Å². The molecule has 0 radical (unpaired) electrons. The molecule has 4 saturated carbocycles. The summed E-state index contributed by atoms with van der Waals surface area (Å²) in [6, 6.07) is 0.457. The van der Waals surface area contributed by atoms with E-state index in [-0.39, 0.29) is 0 Å². The average Bonchev–Trinajstić information content (AvgIpc) is 2.40. The zero-order chi connectivity index (χ0) is 7.42. The molecule has 0 saturated heterocycles. The van der Waals surface area contributed by atoms with Crippen LogP contribution in [0, 0.1) is 23.7 Å². The molecule has 4 fully saturated rings. The first-order valence-corrected chi connectivity index (χ1v) is 4.78. The lowest BCUT2D eigenvalue weighted by Gasteiger charge is -2.30. The Kier molecular flexibility index (Phi) is 1.16. The van der Waals surface area contributed by atoms with E-state index in [1.807, 2.05) is 0 Å². The van der Waals surface area contributed by atoms with E-state index >= 15 is 0 Å². The minimum atomic E-state index is 0.457. The van der Waals surface area contributed by atoms with Crippen LogP contribution in [0.2, 0.25) is 0 Å². The molecule has 0 aliphatic heterocycles. The van der Waals surface area contributed by atoms with Crippen LogP contribution in [0.25, 0.3) is 0 Å². The molecule has 4 rings (SSSR count). The lowest BCUT2D eigenvalue weighted by atomic mass is 9.79. The van der Waals surface area contributed by atoms with Gasteiger partial charge >= 0.3 is 0 Å². The van der Waals surface area contributed by atoms with Crippen molar-refractivity contribution in [2.75, 3.05) is 0 Å². The molecule has 4 aliphatic rings. The van der Waals surface area contributed by atoms with Gasteiger partial charge in [0.05, 0.1) is 0 Å². The van der Waals surface area contributed by atoms with Gasteiger partial charge in [-0.15, -0.1) is 0 Å². The monoisotopic (exact) mass is 153 g/mol. The molecule has 0 aromatic carbocycles. The molecule has 62 valence electrons. The number of rotatable bonds is 1. The normalized spacial score (nSPS) is 59.2. The van der Waals surface area contributed by atoms with Crippen LogP contribution < -0.4 is 5.48 Å².